The van der Waals surface area contributed by atoms with Crippen LogP contribution in [0.2, 0.25) is 5.02 Å². The molecule has 2 aliphatic heterocycles. The Kier molecular flexibility index (Phi) is 5.32. The number of ether oxygens (including phenoxy) is 1. The van der Waals surface area contributed by atoms with Crippen molar-refractivity contribution in [3.63, 3.8) is 0 Å². The van der Waals surface area contributed by atoms with Gasteiger partial charge >= 0.3 is 6.18 Å². The van der Waals surface area contributed by atoms with Crippen LogP contribution in [0.1, 0.15) is 43.4 Å². The Bertz CT molecular complexity index is 1410. The first-order chi connectivity index (χ1) is 16.5. The molecule has 0 spiro atoms. The summed E-state index contributed by atoms with van der Waals surface area (Å²) in [4.78, 5) is 25.8. The fourth-order valence-electron chi connectivity index (χ4n) is 4.11. The molecule has 0 saturated heterocycles. The van der Waals surface area contributed by atoms with E-state index >= 15 is 0 Å². The van der Waals surface area contributed by atoms with Gasteiger partial charge in [0.1, 0.15) is 17.4 Å². The summed E-state index contributed by atoms with van der Waals surface area (Å²) in [6.07, 6.45) is -4.87. The Morgan fingerprint density at radius 3 is 2.60 bits per heavy atom. The van der Waals surface area contributed by atoms with Crippen LogP contribution in [-0.2, 0) is 6.18 Å². The molecule has 6 nitrogen and oxygen atoms in total. The molecule has 1 unspecified atom stereocenters. The number of amides is 2. The molecule has 0 aromatic heterocycles. The van der Waals surface area contributed by atoms with Crippen LogP contribution in [0.25, 0.3) is 0 Å². The zero-order valence-corrected chi connectivity index (χ0v) is 18.1. The third kappa shape index (κ3) is 4.01. The van der Waals surface area contributed by atoms with Gasteiger partial charge in [0.05, 0.1) is 28.5 Å². The molecule has 0 bridgehead atoms. The van der Waals surface area contributed by atoms with Gasteiger partial charge in [0.15, 0.2) is 6.73 Å². The minimum atomic E-state index is -4.87. The molecule has 0 fully saturated rings. The highest BCUT2D eigenvalue weighted by Gasteiger charge is 2.39. The van der Waals surface area contributed by atoms with E-state index < -0.39 is 46.8 Å². The Hall–Kier alpha value is -3.86. The predicted octanol–water partition coefficient (Wildman–Crippen LogP) is 5.48. The number of benzene rings is 3. The van der Waals surface area contributed by atoms with E-state index in [1.807, 2.05) is 0 Å². The normalized spacial score (nSPS) is 16.2. The molecule has 180 valence electrons. The summed E-state index contributed by atoms with van der Waals surface area (Å²) in [5.74, 6) is -3.31. The highest BCUT2D eigenvalue weighted by Crippen LogP contribution is 2.47. The van der Waals surface area contributed by atoms with Crippen LogP contribution >= 0.6 is 11.6 Å². The van der Waals surface area contributed by atoms with E-state index in [4.69, 9.17) is 16.3 Å². The van der Waals surface area contributed by atoms with Crippen molar-refractivity contribution in [2.45, 2.75) is 12.2 Å². The molecule has 5 rings (SSSR count). The average molecular weight is 510 g/mol. The van der Waals surface area contributed by atoms with Gasteiger partial charge in [-0.2, -0.15) is 13.2 Å². The molecular weight excluding hydrogens is 497 g/mol. The molecule has 2 aliphatic rings. The molecule has 0 aliphatic carbocycles. The number of anilines is 2. The van der Waals surface area contributed by atoms with E-state index in [-0.39, 0.29) is 45.9 Å². The molecule has 3 aromatic rings. The van der Waals surface area contributed by atoms with E-state index in [1.165, 1.54) is 12.1 Å². The standard InChI is InChI=1S/C23H13ClF5N3O3/c24-14-2-1-11(25)6-13(14)19-17-15(7-16-20(30-8-35-16)18(17)22(34)32-19)31-21(33)9-3-10(23(27,28)29)5-12(26)4-9/h1-7,19,30H,8H2,(H,31,33)(H,32,34). The first-order valence-corrected chi connectivity index (χ1v) is 10.4. The number of hydrogen-bond donors (Lipinski definition) is 3. The number of carbonyl (C=O) groups is 2. The molecule has 2 heterocycles. The van der Waals surface area contributed by atoms with Crippen LogP contribution in [0, 0.1) is 11.6 Å². The molecular formula is C23H13ClF5N3O3. The van der Waals surface area contributed by atoms with Crippen molar-refractivity contribution in [1.29, 1.82) is 0 Å². The first-order valence-electron chi connectivity index (χ1n) is 10.1. The fourth-order valence-corrected chi connectivity index (χ4v) is 4.34. The lowest BCUT2D eigenvalue weighted by Gasteiger charge is -2.19. The van der Waals surface area contributed by atoms with E-state index in [9.17, 15) is 31.5 Å². The third-order valence-corrected chi connectivity index (χ3v) is 5.95. The van der Waals surface area contributed by atoms with E-state index in [0.717, 1.165) is 12.1 Å². The van der Waals surface area contributed by atoms with Gasteiger partial charge in [0, 0.05) is 27.8 Å². The summed E-state index contributed by atoms with van der Waals surface area (Å²) in [7, 11) is 0. The van der Waals surface area contributed by atoms with Crippen molar-refractivity contribution >= 4 is 34.8 Å². The third-order valence-electron chi connectivity index (χ3n) is 5.60. The van der Waals surface area contributed by atoms with Gasteiger partial charge in [-0.15, -0.1) is 0 Å². The lowest BCUT2D eigenvalue weighted by Crippen LogP contribution is -2.21. The maximum Gasteiger partial charge on any atom is 0.416 e. The molecule has 12 heteroatoms. The molecule has 3 N–H and O–H groups in total. The Labute approximate surface area is 199 Å². The van der Waals surface area contributed by atoms with Gasteiger partial charge in [-0.3, -0.25) is 9.59 Å². The van der Waals surface area contributed by atoms with Crippen LogP contribution < -0.4 is 20.7 Å². The van der Waals surface area contributed by atoms with E-state index in [1.54, 1.807) is 0 Å². The quantitative estimate of drug-likeness (QED) is 0.408. The van der Waals surface area contributed by atoms with Gasteiger partial charge in [0.2, 0.25) is 0 Å². The molecule has 3 aromatic carbocycles. The highest BCUT2D eigenvalue weighted by atomic mass is 35.5. The molecule has 1 atom stereocenters. The summed E-state index contributed by atoms with van der Waals surface area (Å²) in [5, 5.41) is 8.14. The largest absolute Gasteiger partial charge is 0.471 e. The minimum Gasteiger partial charge on any atom is -0.471 e. The Morgan fingerprint density at radius 2 is 1.86 bits per heavy atom. The summed E-state index contributed by atoms with van der Waals surface area (Å²) < 4.78 is 72.6. The van der Waals surface area contributed by atoms with Crippen LogP contribution in [0.15, 0.2) is 42.5 Å². The van der Waals surface area contributed by atoms with Gasteiger partial charge in [-0.25, -0.2) is 8.78 Å². The topological polar surface area (TPSA) is 79.5 Å². The number of nitrogens with one attached hydrogen (secondary N) is 3. The number of alkyl halides is 3. The lowest BCUT2D eigenvalue weighted by atomic mass is 9.94. The van der Waals surface area contributed by atoms with Crippen molar-refractivity contribution in [2.75, 3.05) is 17.4 Å². The zero-order chi connectivity index (χ0) is 25.1. The minimum absolute atomic E-state index is 0.00560. The number of fused-ring (bicyclic) bond motifs is 3. The predicted molar refractivity (Wildman–Crippen MR) is 116 cm³/mol. The fraction of sp³-hybridized carbons (Fsp3) is 0.130. The second-order valence-corrected chi connectivity index (χ2v) is 8.21. The van der Waals surface area contributed by atoms with Crippen molar-refractivity contribution in [1.82, 2.24) is 5.32 Å². The average Bonchev–Trinajstić information content (AvgIpc) is 3.38. The summed E-state index contributed by atoms with van der Waals surface area (Å²) in [6, 6.07) is 5.36. The SMILES string of the molecule is O=C(Nc1cc2c(c3c1C(c1cc(F)ccc1Cl)NC3=O)NCO2)c1cc(F)cc(C(F)(F)F)c1. The van der Waals surface area contributed by atoms with Crippen molar-refractivity contribution < 1.29 is 36.3 Å². The van der Waals surface area contributed by atoms with Gasteiger partial charge in [-0.05, 0) is 36.4 Å². The van der Waals surface area contributed by atoms with Gasteiger partial charge in [0.25, 0.3) is 11.8 Å². The van der Waals surface area contributed by atoms with Gasteiger partial charge in [-0.1, -0.05) is 11.6 Å². The Balaban J connectivity index is 1.62. The highest BCUT2D eigenvalue weighted by molar-refractivity contribution is 6.31. The maximum absolute atomic E-state index is 14.0. The lowest BCUT2D eigenvalue weighted by molar-refractivity contribution is -0.137. The molecule has 0 saturated carbocycles. The second kappa shape index (κ2) is 8.12. The second-order valence-electron chi connectivity index (χ2n) is 7.80. The van der Waals surface area contributed by atoms with Gasteiger partial charge < -0.3 is 20.7 Å². The van der Waals surface area contributed by atoms with Crippen LogP contribution in [0.4, 0.5) is 33.3 Å². The summed E-state index contributed by atoms with van der Waals surface area (Å²) in [5.41, 5.74) is -1.13. The van der Waals surface area contributed by atoms with Crippen LogP contribution in [-0.4, -0.2) is 18.5 Å². The summed E-state index contributed by atoms with van der Waals surface area (Å²) >= 11 is 6.25. The number of hydrogen-bond acceptors (Lipinski definition) is 4. The number of halogens is 6. The number of carbonyl (C=O) groups excluding carboxylic acids is 2. The smallest absolute Gasteiger partial charge is 0.416 e. The number of rotatable bonds is 3. The van der Waals surface area contributed by atoms with Crippen molar-refractivity contribution in [2.24, 2.45) is 0 Å². The molecule has 35 heavy (non-hydrogen) atoms. The Morgan fingerprint density at radius 1 is 1.09 bits per heavy atom. The van der Waals surface area contributed by atoms with Crippen LogP contribution in [0.5, 0.6) is 5.75 Å². The summed E-state index contributed by atoms with van der Waals surface area (Å²) in [6.45, 7) is 0.0245. The maximum atomic E-state index is 14.0. The van der Waals surface area contributed by atoms with Crippen LogP contribution in [0.3, 0.4) is 0 Å². The zero-order valence-electron chi connectivity index (χ0n) is 17.3. The van der Waals surface area contributed by atoms with Crippen molar-refractivity contribution in [3.8, 4) is 5.75 Å². The van der Waals surface area contributed by atoms with E-state index in [2.05, 4.69) is 16.0 Å². The first kappa shape index (κ1) is 22.9. The molecule has 0 radical (unpaired) electrons. The monoisotopic (exact) mass is 509 g/mol. The van der Waals surface area contributed by atoms with E-state index in [0.29, 0.717) is 17.8 Å². The molecule has 2 amide bonds. The van der Waals surface area contributed by atoms with Crippen molar-refractivity contribution in [3.05, 3.63) is 86.9 Å².